The molecule has 2 heterocycles. The summed E-state index contributed by atoms with van der Waals surface area (Å²) in [5.41, 5.74) is 7.48. The Morgan fingerprint density at radius 1 is 1.19 bits per heavy atom. The molecule has 0 aliphatic rings. The Kier molecular flexibility index (Phi) is 8.01. The zero-order valence-corrected chi connectivity index (χ0v) is 18.9. The SMILES string of the molecule is CCN(CC)CC(O)CNC(=O)c1ccc(C#Cc2c(N)ncc3ccc(Cl)cc23)nc1. The number of aromatic nitrogens is 2. The molecule has 8 heteroatoms. The number of likely N-dealkylation sites (N-methyl/N-ethyl adjacent to an activating group) is 1. The molecule has 0 aliphatic carbocycles. The molecule has 0 saturated heterocycles. The van der Waals surface area contributed by atoms with E-state index in [4.69, 9.17) is 17.3 Å². The largest absolute Gasteiger partial charge is 0.390 e. The second-order valence-corrected chi connectivity index (χ2v) is 7.72. The molecule has 0 radical (unpaired) electrons. The van der Waals surface area contributed by atoms with Crippen LogP contribution in [0.2, 0.25) is 5.02 Å². The first-order valence-electron chi connectivity index (χ1n) is 10.4. The summed E-state index contributed by atoms with van der Waals surface area (Å²) in [6.45, 7) is 6.45. The Morgan fingerprint density at radius 2 is 1.97 bits per heavy atom. The van der Waals surface area contributed by atoms with Crippen molar-refractivity contribution in [3.05, 3.63) is 64.6 Å². The van der Waals surface area contributed by atoms with Gasteiger partial charge in [0.05, 0.1) is 17.2 Å². The fraction of sp³-hybridized carbons (Fsp3) is 0.292. The van der Waals surface area contributed by atoms with Crippen molar-refractivity contribution < 1.29 is 9.90 Å². The van der Waals surface area contributed by atoms with Crippen molar-refractivity contribution in [2.45, 2.75) is 20.0 Å². The normalized spacial score (nSPS) is 11.8. The number of fused-ring (bicyclic) bond motifs is 1. The van der Waals surface area contributed by atoms with Crippen LogP contribution in [-0.2, 0) is 0 Å². The number of anilines is 1. The maximum Gasteiger partial charge on any atom is 0.252 e. The summed E-state index contributed by atoms with van der Waals surface area (Å²) in [4.78, 5) is 22.9. The highest BCUT2D eigenvalue weighted by Crippen LogP contribution is 2.24. The molecule has 0 aliphatic heterocycles. The van der Waals surface area contributed by atoms with E-state index >= 15 is 0 Å². The van der Waals surface area contributed by atoms with Crippen LogP contribution >= 0.6 is 11.6 Å². The number of nitrogens with two attached hydrogens (primary N) is 1. The third-order valence-electron chi connectivity index (χ3n) is 5.09. The van der Waals surface area contributed by atoms with Gasteiger partial charge in [0.2, 0.25) is 0 Å². The van der Waals surface area contributed by atoms with Gasteiger partial charge in [0.15, 0.2) is 0 Å². The number of pyridine rings is 2. The van der Waals surface area contributed by atoms with Crippen LogP contribution in [0.1, 0.15) is 35.5 Å². The van der Waals surface area contributed by atoms with E-state index in [0.717, 1.165) is 23.9 Å². The van der Waals surface area contributed by atoms with Gasteiger partial charge in [0, 0.05) is 41.3 Å². The highest BCUT2D eigenvalue weighted by Gasteiger charge is 2.12. The van der Waals surface area contributed by atoms with E-state index in [0.29, 0.717) is 34.2 Å². The minimum absolute atomic E-state index is 0.173. The fourth-order valence-corrected chi connectivity index (χ4v) is 3.39. The summed E-state index contributed by atoms with van der Waals surface area (Å²) in [7, 11) is 0. The van der Waals surface area contributed by atoms with Crippen molar-refractivity contribution >= 4 is 34.1 Å². The second kappa shape index (κ2) is 10.9. The number of carbonyl (C=O) groups excluding carboxylic acids is 1. The Balaban J connectivity index is 1.68. The number of halogens is 1. The van der Waals surface area contributed by atoms with Gasteiger partial charge < -0.3 is 21.1 Å². The Morgan fingerprint density at radius 3 is 2.66 bits per heavy atom. The zero-order valence-electron chi connectivity index (χ0n) is 18.1. The molecule has 32 heavy (non-hydrogen) atoms. The smallest absolute Gasteiger partial charge is 0.252 e. The fourth-order valence-electron chi connectivity index (χ4n) is 3.22. The summed E-state index contributed by atoms with van der Waals surface area (Å²) < 4.78 is 0. The number of hydrogen-bond acceptors (Lipinski definition) is 6. The second-order valence-electron chi connectivity index (χ2n) is 7.28. The maximum absolute atomic E-state index is 12.3. The quantitative estimate of drug-likeness (QED) is 0.477. The van der Waals surface area contributed by atoms with Crippen molar-refractivity contribution in [1.29, 1.82) is 0 Å². The number of nitrogen functional groups attached to an aromatic ring is 1. The number of benzene rings is 1. The van der Waals surface area contributed by atoms with Crippen LogP contribution in [0.25, 0.3) is 10.8 Å². The first-order valence-corrected chi connectivity index (χ1v) is 10.8. The van der Waals surface area contributed by atoms with E-state index in [9.17, 15) is 9.90 Å². The van der Waals surface area contributed by atoms with E-state index in [-0.39, 0.29) is 12.5 Å². The lowest BCUT2D eigenvalue weighted by molar-refractivity contribution is 0.0869. The highest BCUT2D eigenvalue weighted by molar-refractivity contribution is 6.31. The molecule has 3 aromatic rings. The summed E-state index contributed by atoms with van der Waals surface area (Å²) in [5.74, 6) is 6.00. The first kappa shape index (κ1) is 23.5. The molecule has 0 fully saturated rings. The topological polar surface area (TPSA) is 104 Å². The van der Waals surface area contributed by atoms with Gasteiger partial charge in [0.25, 0.3) is 5.91 Å². The van der Waals surface area contributed by atoms with Crippen LogP contribution in [0.15, 0.2) is 42.7 Å². The lowest BCUT2D eigenvalue weighted by atomic mass is 10.1. The summed E-state index contributed by atoms with van der Waals surface area (Å²) in [6.07, 6.45) is 2.50. The van der Waals surface area contributed by atoms with Crippen LogP contribution in [0.5, 0.6) is 0 Å². The van der Waals surface area contributed by atoms with Gasteiger partial charge in [-0.15, -0.1) is 0 Å². The van der Waals surface area contributed by atoms with Gasteiger partial charge in [-0.3, -0.25) is 4.79 Å². The van der Waals surface area contributed by atoms with Crippen LogP contribution in [0.4, 0.5) is 5.82 Å². The highest BCUT2D eigenvalue weighted by atomic mass is 35.5. The van der Waals surface area contributed by atoms with Gasteiger partial charge in [-0.2, -0.15) is 0 Å². The maximum atomic E-state index is 12.3. The molecule has 3 rings (SSSR count). The van der Waals surface area contributed by atoms with Crippen molar-refractivity contribution in [3.8, 4) is 11.8 Å². The molecule has 1 unspecified atom stereocenters. The minimum Gasteiger partial charge on any atom is -0.390 e. The lowest BCUT2D eigenvalue weighted by Crippen LogP contribution is -2.40. The van der Waals surface area contributed by atoms with Crippen molar-refractivity contribution in [1.82, 2.24) is 20.2 Å². The number of aliphatic hydroxyl groups is 1. The zero-order chi connectivity index (χ0) is 23.1. The van der Waals surface area contributed by atoms with Crippen LogP contribution in [0.3, 0.4) is 0 Å². The number of nitrogens with one attached hydrogen (secondary N) is 1. The molecular weight excluding hydrogens is 426 g/mol. The summed E-state index contributed by atoms with van der Waals surface area (Å²) in [6, 6.07) is 8.75. The Labute approximate surface area is 192 Å². The Bertz CT molecular complexity index is 1150. The number of hydrogen-bond donors (Lipinski definition) is 3. The molecule has 166 valence electrons. The van der Waals surface area contributed by atoms with E-state index in [1.165, 1.54) is 6.20 Å². The lowest BCUT2D eigenvalue weighted by Gasteiger charge is -2.21. The van der Waals surface area contributed by atoms with Gasteiger partial charge in [-0.25, -0.2) is 9.97 Å². The molecule has 1 aromatic carbocycles. The molecule has 2 aromatic heterocycles. The third kappa shape index (κ3) is 5.95. The van der Waals surface area contributed by atoms with Gasteiger partial charge >= 0.3 is 0 Å². The first-order chi connectivity index (χ1) is 15.4. The minimum atomic E-state index is -0.634. The summed E-state index contributed by atoms with van der Waals surface area (Å²) in [5, 5.41) is 15.1. The van der Waals surface area contributed by atoms with Crippen LogP contribution < -0.4 is 11.1 Å². The van der Waals surface area contributed by atoms with Crippen molar-refractivity contribution in [2.24, 2.45) is 0 Å². The van der Waals surface area contributed by atoms with Crippen molar-refractivity contribution in [3.63, 3.8) is 0 Å². The third-order valence-corrected chi connectivity index (χ3v) is 5.32. The Hall–Kier alpha value is -3.18. The average molecular weight is 452 g/mol. The molecule has 0 bridgehead atoms. The number of amides is 1. The standard InChI is InChI=1S/C24H26ClN5O2/c1-3-30(4-2)15-20(31)14-29-24(32)17-6-8-19(27-13-17)9-10-21-22-11-18(25)7-5-16(22)12-28-23(21)26/h5-8,11-13,20,31H,3-4,14-15H2,1-2H3,(H2,26,28)(H,29,32). The number of nitrogens with zero attached hydrogens (tertiary/aromatic N) is 3. The molecular formula is C24H26ClN5O2. The predicted octanol–water partition coefficient (Wildman–Crippen LogP) is 2.70. The monoisotopic (exact) mass is 451 g/mol. The number of aliphatic hydroxyl groups excluding tert-OH is 1. The predicted molar refractivity (Wildman–Crippen MR) is 128 cm³/mol. The number of rotatable bonds is 7. The molecule has 1 atom stereocenters. The molecule has 0 spiro atoms. The van der Waals surface area contributed by atoms with E-state index in [2.05, 4.69) is 32.0 Å². The summed E-state index contributed by atoms with van der Waals surface area (Å²) >= 11 is 6.11. The average Bonchev–Trinajstić information content (AvgIpc) is 2.80. The van der Waals surface area contributed by atoms with Crippen LogP contribution in [-0.4, -0.2) is 58.2 Å². The molecule has 7 nitrogen and oxygen atoms in total. The van der Waals surface area contributed by atoms with Crippen molar-refractivity contribution in [2.75, 3.05) is 31.9 Å². The van der Waals surface area contributed by atoms with Gasteiger partial charge in [0.1, 0.15) is 11.5 Å². The number of carbonyl (C=O) groups is 1. The van der Waals surface area contributed by atoms with Gasteiger partial charge in [-0.1, -0.05) is 37.4 Å². The molecule has 4 N–H and O–H groups in total. The van der Waals surface area contributed by atoms with E-state index in [1.54, 1.807) is 30.5 Å². The van der Waals surface area contributed by atoms with E-state index in [1.807, 2.05) is 19.9 Å². The molecule has 0 saturated carbocycles. The van der Waals surface area contributed by atoms with Gasteiger partial charge in [-0.05, 0) is 43.3 Å². The molecule has 1 amide bonds. The van der Waals surface area contributed by atoms with E-state index < -0.39 is 6.10 Å². The van der Waals surface area contributed by atoms with Crippen LogP contribution in [0, 0.1) is 11.8 Å².